The van der Waals surface area contributed by atoms with Gasteiger partial charge in [-0.25, -0.2) is 0 Å². The van der Waals surface area contributed by atoms with Crippen molar-refractivity contribution in [1.29, 1.82) is 0 Å². The zero-order chi connectivity index (χ0) is 36.6. The first kappa shape index (κ1) is 32.6. The average molecular weight is 726 g/mol. The minimum atomic E-state index is -3.66. The number of anilines is 9. The third kappa shape index (κ3) is 4.61. The van der Waals surface area contributed by atoms with E-state index in [-0.39, 0.29) is 0 Å². The Morgan fingerprint density at radius 2 is 0.547 bits per heavy atom. The van der Waals surface area contributed by atoms with E-state index in [9.17, 15) is 0 Å². The van der Waals surface area contributed by atoms with Gasteiger partial charge >= 0.3 is 0 Å². The molecule has 6 aromatic rings. The van der Waals surface area contributed by atoms with E-state index in [1.807, 2.05) is 109 Å². The summed E-state index contributed by atoms with van der Waals surface area (Å²) in [5.74, 6) is 3.99. The van der Waals surface area contributed by atoms with Crippen molar-refractivity contribution in [2.75, 3.05) is 57.4 Å². The van der Waals surface area contributed by atoms with Crippen molar-refractivity contribution in [3.8, 4) is 34.5 Å². The first-order valence-corrected chi connectivity index (χ1v) is 18.7. The van der Waals surface area contributed by atoms with E-state index in [1.165, 1.54) is 0 Å². The van der Waals surface area contributed by atoms with Crippen LogP contribution in [0.2, 0.25) is 0 Å². The molecule has 266 valence electrons. The fraction of sp³-hybridized carbons (Fsp3) is 0.143. The van der Waals surface area contributed by atoms with Crippen molar-refractivity contribution < 1.29 is 33.0 Å². The summed E-state index contributed by atoms with van der Waals surface area (Å²) in [7, 11) is 6.23. The molecule has 0 aliphatic carbocycles. The normalized spacial score (nSPS) is 14.0. The van der Waals surface area contributed by atoms with Gasteiger partial charge in [-0.2, -0.15) is 0 Å². The van der Waals surface area contributed by atoms with E-state index in [4.69, 9.17) is 28.4 Å². The summed E-state index contributed by atoms with van der Waals surface area (Å²) in [6.07, 6.45) is 0. The molecule has 0 radical (unpaired) electrons. The molecule has 0 saturated carbocycles. The zero-order valence-corrected chi connectivity index (χ0v) is 30.9. The topological polar surface area (TPSA) is 82.2 Å². The van der Waals surface area contributed by atoms with Crippen molar-refractivity contribution >= 4 is 74.2 Å². The maximum Gasteiger partial charge on any atom is 0.183 e. The lowest BCUT2D eigenvalue weighted by atomic mass is 10.1. The smallest absolute Gasteiger partial charge is 0.183 e. The Hall–Kier alpha value is -6.25. The molecule has 10 nitrogen and oxygen atoms in total. The van der Waals surface area contributed by atoms with Crippen molar-refractivity contribution in [3.05, 3.63) is 109 Å². The van der Waals surface area contributed by atoms with Crippen molar-refractivity contribution in [3.63, 3.8) is 0 Å². The van der Waals surface area contributed by atoms with Gasteiger partial charge in [0.2, 0.25) is 0 Å². The second-order valence-corrected chi connectivity index (χ2v) is 15.3. The van der Waals surface area contributed by atoms with Gasteiger partial charge in [0.1, 0.15) is 34.5 Å². The van der Waals surface area contributed by atoms with E-state index in [0.717, 1.165) is 68.4 Å². The monoisotopic (exact) mass is 725 g/mol. The lowest BCUT2D eigenvalue weighted by Gasteiger charge is -2.49. The molecule has 3 heterocycles. The van der Waals surface area contributed by atoms with E-state index in [1.54, 1.807) is 42.7 Å². The summed E-state index contributed by atoms with van der Waals surface area (Å²) < 4.78 is 51.6. The third-order valence-corrected chi connectivity index (χ3v) is 13.5. The van der Waals surface area contributed by atoms with Crippen LogP contribution >= 0.6 is 7.14 Å². The van der Waals surface area contributed by atoms with Crippen LogP contribution in [0.1, 0.15) is 0 Å². The zero-order valence-electron chi connectivity index (χ0n) is 30.0. The second kappa shape index (κ2) is 12.2. The quantitative estimate of drug-likeness (QED) is 0.135. The lowest BCUT2D eigenvalue weighted by Crippen LogP contribution is -2.47. The maximum absolute atomic E-state index is 17.0. The fourth-order valence-corrected chi connectivity index (χ4v) is 11.4. The highest BCUT2D eigenvalue weighted by Crippen LogP contribution is 2.68. The van der Waals surface area contributed by atoms with Crippen molar-refractivity contribution in [2.45, 2.75) is 0 Å². The Kier molecular flexibility index (Phi) is 7.50. The molecule has 0 spiro atoms. The number of ether oxygens (including phenoxy) is 6. The van der Waals surface area contributed by atoms with Gasteiger partial charge in [0.25, 0.3) is 0 Å². The van der Waals surface area contributed by atoms with Crippen LogP contribution in [-0.4, -0.2) is 42.7 Å². The predicted molar refractivity (Wildman–Crippen MR) is 210 cm³/mol. The molecule has 3 aliphatic heterocycles. The Morgan fingerprint density at radius 1 is 0.340 bits per heavy atom. The van der Waals surface area contributed by atoms with Gasteiger partial charge in [-0.05, 0) is 72.8 Å². The van der Waals surface area contributed by atoms with Crippen LogP contribution in [-0.2, 0) is 4.57 Å². The number of hydrogen-bond donors (Lipinski definition) is 0. The molecule has 0 aromatic heterocycles. The van der Waals surface area contributed by atoms with Crippen molar-refractivity contribution in [2.24, 2.45) is 0 Å². The number of rotatable bonds is 9. The average Bonchev–Trinajstić information content (AvgIpc) is 3.20. The van der Waals surface area contributed by atoms with E-state index >= 15 is 4.57 Å². The second-order valence-electron chi connectivity index (χ2n) is 12.8. The fourth-order valence-electron chi connectivity index (χ4n) is 7.83. The lowest BCUT2D eigenvalue weighted by molar-refractivity contribution is 0.414. The summed E-state index contributed by atoms with van der Waals surface area (Å²) in [5, 5.41) is 2.12. The highest BCUT2D eigenvalue weighted by Gasteiger charge is 2.55. The first-order valence-electron chi connectivity index (χ1n) is 17.0. The van der Waals surface area contributed by atoms with Gasteiger partial charge in [0.05, 0.1) is 92.7 Å². The standard InChI is InChI=1S/C42H36N3O7P/c1-47-28-13-7-25(8-14-28)43-34-19-31(50-4)21-36-40(34)53(46)41-35(43)20-32(51-5)22-37(41)45(27-11-17-30(49-3)18-12-27)39-24-33(52-6)23-38(42(39)53)44(36)26-9-15-29(48-2)16-10-26/h7-24H,1-6H3. The van der Waals surface area contributed by atoms with E-state index in [0.29, 0.717) is 33.2 Å². The molecule has 6 aromatic carbocycles. The minimum Gasteiger partial charge on any atom is -0.497 e. The highest BCUT2D eigenvalue weighted by atomic mass is 31.2. The minimum absolute atomic E-state index is 0.609. The number of nitrogens with zero attached hydrogens (tertiary/aromatic N) is 3. The Balaban J connectivity index is 1.47. The molecule has 0 N–H and O–H groups in total. The predicted octanol–water partition coefficient (Wildman–Crippen LogP) is 8.73. The number of methoxy groups -OCH3 is 6. The molecule has 0 atom stereocenters. The number of benzene rings is 6. The summed E-state index contributed by atoms with van der Waals surface area (Å²) in [6.45, 7) is 0. The van der Waals surface area contributed by atoms with Crippen LogP contribution in [0.15, 0.2) is 109 Å². The Labute approximate surface area is 307 Å². The van der Waals surface area contributed by atoms with Crippen LogP contribution in [0.4, 0.5) is 51.2 Å². The van der Waals surface area contributed by atoms with Crippen LogP contribution in [0.3, 0.4) is 0 Å². The summed E-state index contributed by atoms with van der Waals surface area (Å²) in [4.78, 5) is 6.45. The molecule has 0 saturated heterocycles. The summed E-state index contributed by atoms with van der Waals surface area (Å²) in [5.41, 5.74) is 6.98. The molecule has 53 heavy (non-hydrogen) atoms. The van der Waals surface area contributed by atoms with Crippen LogP contribution in [0, 0.1) is 0 Å². The van der Waals surface area contributed by atoms with E-state index < -0.39 is 7.14 Å². The SMILES string of the molecule is COc1ccc(N2c3cc(OC)cc4c3P3(=O)c5c2cc(OC)cc5N(c2ccc(OC)cc2)c2cc(OC)cc(c23)N4c2ccc(OC)cc2)cc1. The van der Waals surface area contributed by atoms with Crippen LogP contribution in [0.25, 0.3) is 0 Å². The Bertz CT molecular complexity index is 2120. The molecular weight excluding hydrogens is 689 g/mol. The summed E-state index contributed by atoms with van der Waals surface area (Å²) in [6, 6.07) is 35.4. The molecule has 3 aliphatic rings. The molecule has 0 fully saturated rings. The van der Waals surface area contributed by atoms with Crippen molar-refractivity contribution in [1.82, 2.24) is 0 Å². The number of hydrogen-bond acceptors (Lipinski definition) is 10. The maximum atomic E-state index is 17.0. The van der Waals surface area contributed by atoms with Gasteiger partial charge in [0, 0.05) is 53.5 Å². The van der Waals surface area contributed by atoms with E-state index in [2.05, 4.69) is 14.7 Å². The van der Waals surface area contributed by atoms with Gasteiger partial charge in [-0.15, -0.1) is 0 Å². The molecule has 11 heteroatoms. The third-order valence-electron chi connectivity index (χ3n) is 10.2. The van der Waals surface area contributed by atoms with Gasteiger partial charge in [-0.3, -0.25) is 0 Å². The molecule has 0 amide bonds. The molecule has 9 rings (SSSR count). The van der Waals surface area contributed by atoms with Gasteiger partial charge in [0.15, 0.2) is 7.14 Å². The van der Waals surface area contributed by atoms with Crippen LogP contribution < -0.4 is 59.0 Å². The molecule has 0 unspecified atom stereocenters. The highest BCUT2D eigenvalue weighted by molar-refractivity contribution is 7.87. The van der Waals surface area contributed by atoms with Gasteiger partial charge < -0.3 is 47.7 Å². The van der Waals surface area contributed by atoms with Crippen LogP contribution in [0.5, 0.6) is 34.5 Å². The first-order chi connectivity index (χ1) is 25.9. The molecular formula is C42H36N3O7P. The van der Waals surface area contributed by atoms with Gasteiger partial charge in [-0.1, -0.05) is 0 Å². The summed E-state index contributed by atoms with van der Waals surface area (Å²) >= 11 is 0. The largest absolute Gasteiger partial charge is 0.497 e. The molecule has 0 bridgehead atoms. The Morgan fingerprint density at radius 3 is 0.736 bits per heavy atom.